The molecule has 4 rings (SSSR count). The molecule has 0 aliphatic heterocycles. The van der Waals surface area contributed by atoms with Gasteiger partial charge in [-0.05, 0) is 24.3 Å². The number of carbonyl (C=O) groups is 1. The molecule has 3 aromatic heterocycles. The lowest BCUT2D eigenvalue weighted by Crippen LogP contribution is -2.33. The molecule has 1 aromatic carbocycles. The minimum Gasteiger partial charge on any atom is -0.347 e. The van der Waals surface area contributed by atoms with Gasteiger partial charge < -0.3 is 10.3 Å². The second-order valence-corrected chi connectivity index (χ2v) is 5.62. The summed E-state index contributed by atoms with van der Waals surface area (Å²) >= 11 is 0. The number of fused-ring (bicyclic) bond motifs is 1. The van der Waals surface area contributed by atoms with Crippen LogP contribution in [0, 0.1) is 0 Å². The zero-order valence-corrected chi connectivity index (χ0v) is 13.7. The van der Waals surface area contributed by atoms with E-state index in [1.807, 2.05) is 24.3 Å². The standard InChI is InChI=1S/C17H15N7O2/c25-16(18-10-14-20-12-4-1-2-5-13(12)21-14)11-24-17(26)7-6-15(22-24)23-9-3-8-19-23/h1-9H,10-11H2,(H,18,25)(H,20,21). The Balaban J connectivity index is 1.44. The van der Waals surface area contributed by atoms with E-state index in [-0.39, 0.29) is 24.6 Å². The van der Waals surface area contributed by atoms with Crippen molar-refractivity contribution in [1.82, 2.24) is 34.8 Å². The number of amides is 1. The maximum Gasteiger partial charge on any atom is 0.267 e. The summed E-state index contributed by atoms with van der Waals surface area (Å²) in [5.74, 6) is 0.766. The summed E-state index contributed by atoms with van der Waals surface area (Å²) in [5.41, 5.74) is 1.38. The molecule has 0 aliphatic carbocycles. The van der Waals surface area contributed by atoms with Crippen LogP contribution in [0.4, 0.5) is 0 Å². The fourth-order valence-electron chi connectivity index (χ4n) is 2.54. The van der Waals surface area contributed by atoms with Crippen LogP contribution >= 0.6 is 0 Å². The average molecular weight is 349 g/mol. The minimum absolute atomic E-state index is 0.186. The fourth-order valence-corrected chi connectivity index (χ4v) is 2.54. The first kappa shape index (κ1) is 15.8. The topological polar surface area (TPSA) is 110 Å². The van der Waals surface area contributed by atoms with Crippen LogP contribution in [-0.2, 0) is 17.9 Å². The van der Waals surface area contributed by atoms with E-state index in [0.29, 0.717) is 11.6 Å². The number of aromatic amines is 1. The summed E-state index contributed by atoms with van der Waals surface area (Å²) in [4.78, 5) is 31.6. The van der Waals surface area contributed by atoms with Gasteiger partial charge in [0.15, 0.2) is 5.82 Å². The number of nitrogens with one attached hydrogen (secondary N) is 2. The Hall–Kier alpha value is -3.75. The summed E-state index contributed by atoms with van der Waals surface area (Å²) in [6.07, 6.45) is 3.32. The zero-order valence-electron chi connectivity index (χ0n) is 13.7. The molecule has 1 amide bonds. The Kier molecular flexibility index (Phi) is 4.02. The van der Waals surface area contributed by atoms with Gasteiger partial charge in [0.05, 0.1) is 17.6 Å². The van der Waals surface area contributed by atoms with Gasteiger partial charge in [-0.2, -0.15) is 5.10 Å². The lowest BCUT2D eigenvalue weighted by molar-refractivity contribution is -0.122. The van der Waals surface area contributed by atoms with Gasteiger partial charge in [0.2, 0.25) is 5.91 Å². The van der Waals surface area contributed by atoms with Crippen molar-refractivity contribution >= 4 is 16.9 Å². The van der Waals surface area contributed by atoms with E-state index in [4.69, 9.17) is 0 Å². The molecular weight excluding hydrogens is 334 g/mol. The smallest absolute Gasteiger partial charge is 0.267 e. The van der Waals surface area contributed by atoms with Crippen LogP contribution in [0.2, 0.25) is 0 Å². The SMILES string of the molecule is O=C(Cn1nc(-n2cccn2)ccc1=O)NCc1nc2ccccc2[nH]1. The summed E-state index contributed by atoms with van der Waals surface area (Å²) in [6.45, 7) is 0.0509. The number of benzene rings is 1. The maximum absolute atomic E-state index is 12.2. The van der Waals surface area contributed by atoms with Gasteiger partial charge >= 0.3 is 0 Å². The largest absolute Gasteiger partial charge is 0.347 e. The Morgan fingerprint density at radius 2 is 2.04 bits per heavy atom. The molecule has 0 radical (unpaired) electrons. The number of H-pyrrole nitrogens is 1. The zero-order chi connectivity index (χ0) is 17.9. The van der Waals surface area contributed by atoms with E-state index in [0.717, 1.165) is 15.7 Å². The molecule has 4 aromatic rings. The lowest BCUT2D eigenvalue weighted by Gasteiger charge is -2.07. The van der Waals surface area contributed by atoms with Crippen LogP contribution in [-0.4, -0.2) is 35.4 Å². The van der Waals surface area contributed by atoms with Crippen molar-refractivity contribution in [3.63, 3.8) is 0 Å². The molecule has 0 saturated carbocycles. The van der Waals surface area contributed by atoms with E-state index in [2.05, 4.69) is 25.5 Å². The molecule has 0 spiro atoms. The molecule has 9 nitrogen and oxygen atoms in total. The summed E-state index contributed by atoms with van der Waals surface area (Å²) in [5, 5.41) is 11.0. The minimum atomic E-state index is -0.361. The maximum atomic E-state index is 12.2. The Morgan fingerprint density at radius 1 is 1.15 bits per heavy atom. The number of rotatable bonds is 5. The number of imidazole rings is 1. The third kappa shape index (κ3) is 3.22. The first-order chi connectivity index (χ1) is 12.7. The van der Waals surface area contributed by atoms with E-state index in [1.165, 1.54) is 10.7 Å². The molecule has 130 valence electrons. The number of nitrogens with zero attached hydrogens (tertiary/aromatic N) is 5. The first-order valence-electron chi connectivity index (χ1n) is 7.97. The molecule has 9 heteroatoms. The van der Waals surface area contributed by atoms with E-state index >= 15 is 0 Å². The number of aromatic nitrogens is 6. The Morgan fingerprint density at radius 3 is 2.85 bits per heavy atom. The van der Waals surface area contributed by atoms with E-state index in [1.54, 1.807) is 24.5 Å². The molecule has 0 atom stereocenters. The van der Waals surface area contributed by atoms with Crippen molar-refractivity contribution in [2.24, 2.45) is 0 Å². The summed E-state index contributed by atoms with van der Waals surface area (Å²) < 4.78 is 2.62. The molecule has 3 heterocycles. The van der Waals surface area contributed by atoms with Crippen molar-refractivity contribution < 1.29 is 4.79 Å². The van der Waals surface area contributed by atoms with Gasteiger partial charge in [0.1, 0.15) is 12.4 Å². The highest BCUT2D eigenvalue weighted by atomic mass is 16.2. The third-order valence-electron chi connectivity index (χ3n) is 3.78. The van der Waals surface area contributed by atoms with Crippen molar-refractivity contribution in [3.8, 4) is 5.82 Å². The number of hydrogen-bond acceptors (Lipinski definition) is 5. The van der Waals surface area contributed by atoms with Crippen molar-refractivity contribution in [2.75, 3.05) is 0 Å². The Labute approximate surface area is 147 Å². The first-order valence-corrected chi connectivity index (χ1v) is 7.97. The van der Waals surface area contributed by atoms with Crippen molar-refractivity contribution in [1.29, 1.82) is 0 Å². The van der Waals surface area contributed by atoms with Crippen LogP contribution in [0.3, 0.4) is 0 Å². The van der Waals surface area contributed by atoms with Gasteiger partial charge in [0.25, 0.3) is 5.56 Å². The molecule has 0 bridgehead atoms. The fraction of sp³-hybridized carbons (Fsp3) is 0.118. The monoisotopic (exact) mass is 349 g/mol. The highest BCUT2D eigenvalue weighted by molar-refractivity contribution is 5.76. The molecule has 0 aliphatic rings. The molecule has 2 N–H and O–H groups in total. The van der Waals surface area contributed by atoms with Crippen molar-refractivity contribution in [2.45, 2.75) is 13.1 Å². The Bertz CT molecular complexity index is 1080. The van der Waals surface area contributed by atoms with E-state index in [9.17, 15) is 9.59 Å². The number of hydrogen-bond donors (Lipinski definition) is 2. The second-order valence-electron chi connectivity index (χ2n) is 5.62. The number of para-hydroxylation sites is 2. The summed E-state index contributed by atoms with van der Waals surface area (Å²) in [6, 6.07) is 12.3. The lowest BCUT2D eigenvalue weighted by atomic mass is 10.3. The highest BCUT2D eigenvalue weighted by Crippen LogP contribution is 2.09. The molecule has 26 heavy (non-hydrogen) atoms. The van der Waals surface area contributed by atoms with Gasteiger partial charge in [-0.1, -0.05) is 12.1 Å². The predicted molar refractivity (Wildman–Crippen MR) is 93.6 cm³/mol. The van der Waals surface area contributed by atoms with Crippen LogP contribution < -0.4 is 10.9 Å². The van der Waals surface area contributed by atoms with Gasteiger partial charge in [-0.3, -0.25) is 9.59 Å². The molecule has 0 saturated heterocycles. The van der Waals surface area contributed by atoms with Crippen LogP contribution in [0.15, 0.2) is 59.7 Å². The van der Waals surface area contributed by atoms with Crippen LogP contribution in [0.1, 0.15) is 5.82 Å². The predicted octanol–water partition coefficient (Wildman–Crippen LogP) is 0.622. The van der Waals surface area contributed by atoms with Gasteiger partial charge in [-0.15, -0.1) is 5.10 Å². The van der Waals surface area contributed by atoms with Gasteiger partial charge in [0, 0.05) is 18.5 Å². The highest BCUT2D eigenvalue weighted by Gasteiger charge is 2.09. The molecule has 0 fully saturated rings. The third-order valence-corrected chi connectivity index (χ3v) is 3.78. The van der Waals surface area contributed by atoms with E-state index < -0.39 is 0 Å². The van der Waals surface area contributed by atoms with Crippen LogP contribution in [0.25, 0.3) is 16.9 Å². The summed E-state index contributed by atoms with van der Waals surface area (Å²) in [7, 11) is 0. The van der Waals surface area contributed by atoms with Crippen LogP contribution in [0.5, 0.6) is 0 Å². The van der Waals surface area contributed by atoms with Gasteiger partial charge in [-0.25, -0.2) is 14.3 Å². The average Bonchev–Trinajstić information content (AvgIpc) is 3.31. The number of carbonyl (C=O) groups excluding carboxylic acids is 1. The molecule has 0 unspecified atom stereocenters. The quantitative estimate of drug-likeness (QED) is 0.549. The molecular formula is C17H15N7O2. The second kappa shape index (κ2) is 6.63. The normalized spacial score (nSPS) is 10.9. The van der Waals surface area contributed by atoms with Crippen molar-refractivity contribution in [3.05, 3.63) is 71.0 Å².